The maximum Gasteiger partial charge on any atom is 0.176 e. The zero-order chi connectivity index (χ0) is 9.89. The number of allylic oxidation sites excluding steroid dienone is 3. The van der Waals surface area contributed by atoms with E-state index in [-0.39, 0.29) is 11.7 Å². The third-order valence-electron chi connectivity index (χ3n) is 1.86. The zero-order valence-electron chi connectivity index (χ0n) is 7.99. The molecule has 0 heterocycles. The van der Waals surface area contributed by atoms with Crippen molar-refractivity contribution in [2.45, 2.75) is 26.8 Å². The maximum atomic E-state index is 12.9. The summed E-state index contributed by atoms with van der Waals surface area (Å²) in [5, 5.41) is 0. The third-order valence-corrected chi connectivity index (χ3v) is 1.86. The minimum Gasteiger partial charge on any atom is -0.373 e. The van der Waals surface area contributed by atoms with Gasteiger partial charge in [0.15, 0.2) is 11.7 Å². The summed E-state index contributed by atoms with van der Waals surface area (Å²) < 4.78 is 25.2. The van der Waals surface area contributed by atoms with E-state index in [2.05, 4.69) is 6.58 Å². The summed E-state index contributed by atoms with van der Waals surface area (Å²) in [5.74, 6) is -1.88. The van der Waals surface area contributed by atoms with E-state index in [1.54, 1.807) is 11.9 Å². The molecule has 0 radical (unpaired) electrons. The fourth-order valence-corrected chi connectivity index (χ4v) is 0.738. The number of halogens is 2. The highest BCUT2D eigenvalue weighted by Gasteiger charge is 2.11. The third kappa shape index (κ3) is 2.64. The summed E-state index contributed by atoms with van der Waals surface area (Å²) in [6.45, 7) is 8.22. The summed E-state index contributed by atoms with van der Waals surface area (Å²) in [6.07, 6.45) is 0. The van der Waals surface area contributed by atoms with Gasteiger partial charge in [-0.15, -0.1) is 0 Å². The summed E-state index contributed by atoms with van der Waals surface area (Å²) in [5.41, 5.74) is 0.275. The molecule has 0 fully saturated rings. The molecule has 0 aliphatic carbocycles. The van der Waals surface area contributed by atoms with E-state index in [1.807, 2.05) is 13.8 Å². The maximum absolute atomic E-state index is 12.9. The highest BCUT2D eigenvalue weighted by Crippen LogP contribution is 2.18. The molecule has 0 amide bonds. The molecule has 0 aromatic rings. The number of rotatable bonds is 3. The van der Waals surface area contributed by atoms with Crippen molar-refractivity contribution in [1.82, 2.24) is 4.90 Å². The lowest BCUT2D eigenvalue weighted by Gasteiger charge is -2.24. The van der Waals surface area contributed by atoms with Crippen LogP contribution < -0.4 is 0 Å². The first-order chi connectivity index (χ1) is 5.37. The van der Waals surface area contributed by atoms with Crippen LogP contribution in [0, 0.1) is 0 Å². The Morgan fingerprint density at radius 2 is 1.75 bits per heavy atom. The molecule has 0 spiro atoms. The number of hydrogen-bond acceptors (Lipinski definition) is 1. The Bertz CT molecular complexity index is 207. The van der Waals surface area contributed by atoms with Crippen LogP contribution in [-0.2, 0) is 0 Å². The Balaban J connectivity index is 4.66. The van der Waals surface area contributed by atoms with Gasteiger partial charge in [-0.3, -0.25) is 0 Å². The van der Waals surface area contributed by atoms with Crippen LogP contribution in [0.15, 0.2) is 23.9 Å². The first-order valence-corrected chi connectivity index (χ1v) is 3.82. The van der Waals surface area contributed by atoms with Crippen LogP contribution in [-0.4, -0.2) is 18.0 Å². The van der Waals surface area contributed by atoms with E-state index in [9.17, 15) is 8.78 Å². The van der Waals surface area contributed by atoms with Crippen molar-refractivity contribution in [1.29, 1.82) is 0 Å². The Morgan fingerprint density at radius 1 is 1.33 bits per heavy atom. The molecule has 0 aliphatic rings. The standard InChI is InChI=1S/C9H15F2N/c1-6(2)12(5)8(4)9(11)7(3)10/h6H,3H2,1-2,4-5H3/b9-8+. The van der Waals surface area contributed by atoms with Gasteiger partial charge in [-0.25, -0.2) is 8.78 Å². The first-order valence-electron chi connectivity index (χ1n) is 3.82. The predicted octanol–water partition coefficient (Wildman–Crippen LogP) is 3.01. The van der Waals surface area contributed by atoms with E-state index in [4.69, 9.17) is 0 Å². The molecular weight excluding hydrogens is 160 g/mol. The van der Waals surface area contributed by atoms with Crippen molar-refractivity contribution < 1.29 is 8.78 Å². The molecule has 0 bridgehead atoms. The first kappa shape index (κ1) is 11.1. The van der Waals surface area contributed by atoms with Gasteiger partial charge in [0.05, 0.1) is 0 Å². The van der Waals surface area contributed by atoms with Crippen molar-refractivity contribution >= 4 is 0 Å². The van der Waals surface area contributed by atoms with E-state index in [0.717, 1.165) is 0 Å². The van der Waals surface area contributed by atoms with Crippen LogP contribution in [0.3, 0.4) is 0 Å². The molecule has 0 aromatic heterocycles. The molecule has 0 saturated carbocycles. The van der Waals surface area contributed by atoms with Crippen molar-refractivity contribution in [3.05, 3.63) is 23.9 Å². The van der Waals surface area contributed by atoms with Crippen LogP contribution in [0.4, 0.5) is 8.78 Å². The molecule has 0 aliphatic heterocycles. The predicted molar refractivity (Wildman–Crippen MR) is 47.0 cm³/mol. The van der Waals surface area contributed by atoms with E-state index in [0.29, 0.717) is 0 Å². The summed E-state index contributed by atoms with van der Waals surface area (Å²) in [6, 6.07) is 0.148. The second-order valence-corrected chi connectivity index (χ2v) is 3.01. The van der Waals surface area contributed by atoms with Gasteiger partial charge in [0.25, 0.3) is 0 Å². The fourth-order valence-electron chi connectivity index (χ4n) is 0.738. The summed E-state index contributed by atoms with van der Waals surface area (Å²) >= 11 is 0. The molecule has 0 atom stereocenters. The largest absolute Gasteiger partial charge is 0.373 e. The smallest absolute Gasteiger partial charge is 0.176 e. The molecule has 0 N–H and O–H groups in total. The van der Waals surface area contributed by atoms with Crippen LogP contribution in [0.25, 0.3) is 0 Å². The Hall–Kier alpha value is -0.860. The van der Waals surface area contributed by atoms with Gasteiger partial charge in [-0.1, -0.05) is 6.58 Å². The number of hydrogen-bond donors (Lipinski definition) is 0. The average Bonchev–Trinajstić information content (AvgIpc) is 2.00. The molecular formula is C9H15F2N. The average molecular weight is 175 g/mol. The molecule has 0 aromatic carbocycles. The van der Waals surface area contributed by atoms with Gasteiger partial charge in [-0.2, -0.15) is 0 Å². The molecule has 0 rings (SSSR count). The van der Waals surface area contributed by atoms with E-state index in [1.165, 1.54) is 6.92 Å². The Morgan fingerprint density at radius 3 is 2.00 bits per heavy atom. The number of nitrogens with zero attached hydrogens (tertiary/aromatic N) is 1. The Labute approximate surface area is 72.4 Å². The zero-order valence-corrected chi connectivity index (χ0v) is 7.99. The minimum absolute atomic E-state index is 0.148. The van der Waals surface area contributed by atoms with Crippen LogP contribution >= 0.6 is 0 Å². The molecule has 0 saturated heterocycles. The van der Waals surface area contributed by atoms with Crippen LogP contribution in [0.2, 0.25) is 0 Å². The lowest BCUT2D eigenvalue weighted by molar-refractivity contribution is 0.329. The second kappa shape index (κ2) is 4.24. The van der Waals surface area contributed by atoms with Crippen molar-refractivity contribution in [2.24, 2.45) is 0 Å². The normalized spacial score (nSPS) is 12.9. The molecule has 70 valence electrons. The molecule has 12 heavy (non-hydrogen) atoms. The van der Waals surface area contributed by atoms with Gasteiger partial charge in [-0.05, 0) is 20.8 Å². The molecule has 0 unspecified atom stereocenters. The van der Waals surface area contributed by atoms with Crippen molar-refractivity contribution in [3.8, 4) is 0 Å². The quantitative estimate of drug-likeness (QED) is 0.596. The SMILES string of the molecule is C=C(F)/C(F)=C(/C)N(C)C(C)C. The van der Waals surface area contributed by atoms with Crippen LogP contribution in [0.5, 0.6) is 0 Å². The fraction of sp³-hybridized carbons (Fsp3) is 0.556. The monoisotopic (exact) mass is 175 g/mol. The van der Waals surface area contributed by atoms with Gasteiger partial charge in [0.1, 0.15) is 0 Å². The van der Waals surface area contributed by atoms with Crippen LogP contribution in [0.1, 0.15) is 20.8 Å². The highest BCUT2D eigenvalue weighted by molar-refractivity contribution is 5.20. The van der Waals surface area contributed by atoms with Gasteiger partial charge in [0.2, 0.25) is 0 Å². The lowest BCUT2D eigenvalue weighted by Crippen LogP contribution is -2.25. The van der Waals surface area contributed by atoms with E-state index < -0.39 is 11.7 Å². The minimum atomic E-state index is -1.01. The van der Waals surface area contributed by atoms with Gasteiger partial charge >= 0.3 is 0 Å². The summed E-state index contributed by atoms with van der Waals surface area (Å²) in [7, 11) is 1.71. The van der Waals surface area contributed by atoms with Gasteiger partial charge in [0, 0.05) is 18.8 Å². The molecule has 3 heteroatoms. The van der Waals surface area contributed by atoms with E-state index >= 15 is 0 Å². The highest BCUT2D eigenvalue weighted by atomic mass is 19.2. The lowest BCUT2D eigenvalue weighted by atomic mass is 10.3. The Kier molecular flexibility index (Phi) is 3.93. The molecule has 1 nitrogen and oxygen atoms in total. The summed E-state index contributed by atoms with van der Waals surface area (Å²) in [4.78, 5) is 1.65. The second-order valence-electron chi connectivity index (χ2n) is 3.01. The topological polar surface area (TPSA) is 3.24 Å². The van der Waals surface area contributed by atoms with Crippen molar-refractivity contribution in [2.75, 3.05) is 7.05 Å². The van der Waals surface area contributed by atoms with Gasteiger partial charge < -0.3 is 4.90 Å². The van der Waals surface area contributed by atoms with Crippen molar-refractivity contribution in [3.63, 3.8) is 0 Å².